The highest BCUT2D eigenvalue weighted by molar-refractivity contribution is 5.93. The molecule has 0 aliphatic carbocycles. The van der Waals surface area contributed by atoms with Gasteiger partial charge in [0, 0.05) is 0 Å². The molecular weight excluding hydrogens is 228 g/mol. The third-order valence-electron chi connectivity index (χ3n) is 2.56. The van der Waals surface area contributed by atoms with E-state index < -0.39 is 0 Å². The lowest BCUT2D eigenvalue weighted by atomic mass is 9.98. The van der Waals surface area contributed by atoms with Crippen LogP contribution in [0.1, 0.15) is 45.7 Å². The zero-order valence-corrected chi connectivity index (χ0v) is 12.9. The molecule has 0 radical (unpaired) electrons. The predicted molar refractivity (Wildman–Crippen MR) is 91.4 cm³/mol. The average Bonchev–Trinajstić information content (AvgIpc) is 2.52. The van der Waals surface area contributed by atoms with Crippen molar-refractivity contribution in [2.24, 2.45) is 0 Å². The number of rotatable bonds is 2. The van der Waals surface area contributed by atoms with E-state index >= 15 is 0 Å². The Morgan fingerprint density at radius 3 is 2.11 bits per heavy atom. The molecule has 0 amide bonds. The van der Waals surface area contributed by atoms with E-state index in [9.17, 15) is 0 Å². The fourth-order valence-electron chi connectivity index (χ4n) is 1.84. The highest BCUT2D eigenvalue weighted by Gasteiger charge is 2.01. The Hall–Kier alpha value is -1.82. The number of benzene rings is 2. The molecular formula is C19H26. The molecule has 0 aromatic heterocycles. The van der Waals surface area contributed by atoms with Crippen molar-refractivity contribution < 1.29 is 0 Å². The summed E-state index contributed by atoms with van der Waals surface area (Å²) in [6.07, 6.45) is 6.11. The molecule has 0 aliphatic rings. The molecule has 0 heteroatoms. The van der Waals surface area contributed by atoms with Crippen molar-refractivity contribution in [3.63, 3.8) is 0 Å². The molecule has 2 aromatic rings. The molecule has 0 fully saturated rings. The standard InChI is InChI=1S/C15H14.2C2H6/c1-3-7-14-12(4-2)10-11-13-8-5-6-9-15(13)14;2*1-2/h3-11H,2H2,1H3;2*1-2H3/b7-3-;;. The second-order valence-electron chi connectivity index (χ2n) is 3.49. The van der Waals surface area contributed by atoms with Gasteiger partial charge in [-0.3, -0.25) is 0 Å². The van der Waals surface area contributed by atoms with Crippen molar-refractivity contribution in [2.45, 2.75) is 34.6 Å². The van der Waals surface area contributed by atoms with Crippen LogP contribution < -0.4 is 0 Å². The molecule has 0 nitrogen and oxygen atoms in total. The van der Waals surface area contributed by atoms with E-state index in [-0.39, 0.29) is 0 Å². The fraction of sp³-hybridized carbons (Fsp3) is 0.263. The van der Waals surface area contributed by atoms with E-state index in [2.05, 4.69) is 55.1 Å². The zero-order chi connectivity index (χ0) is 14.7. The van der Waals surface area contributed by atoms with Gasteiger partial charge in [0.15, 0.2) is 0 Å². The minimum Gasteiger partial charge on any atom is -0.0984 e. The van der Waals surface area contributed by atoms with Gasteiger partial charge in [0.1, 0.15) is 0 Å². The van der Waals surface area contributed by atoms with Gasteiger partial charge in [-0.05, 0) is 28.8 Å². The molecule has 0 aliphatic heterocycles. The first-order chi connectivity index (χ1) is 9.36. The summed E-state index contributed by atoms with van der Waals surface area (Å²) in [5, 5.41) is 2.56. The van der Waals surface area contributed by atoms with Crippen LogP contribution in [0.4, 0.5) is 0 Å². The molecule has 0 N–H and O–H groups in total. The maximum Gasteiger partial charge on any atom is -0.0106 e. The van der Waals surface area contributed by atoms with E-state index in [4.69, 9.17) is 0 Å². The Morgan fingerprint density at radius 2 is 1.53 bits per heavy atom. The van der Waals surface area contributed by atoms with Crippen LogP contribution in [0.5, 0.6) is 0 Å². The third kappa shape index (κ3) is 4.40. The first-order valence-corrected chi connectivity index (χ1v) is 7.13. The molecule has 2 rings (SSSR count). The number of allylic oxidation sites excluding steroid dienone is 1. The van der Waals surface area contributed by atoms with Gasteiger partial charge in [-0.1, -0.05) is 88.9 Å². The van der Waals surface area contributed by atoms with Crippen molar-refractivity contribution >= 4 is 22.9 Å². The Morgan fingerprint density at radius 1 is 0.895 bits per heavy atom. The molecule has 0 atom stereocenters. The molecule has 0 spiro atoms. The Balaban J connectivity index is 0.000000741. The Kier molecular flexibility index (Phi) is 9.16. The van der Waals surface area contributed by atoms with E-state index in [1.54, 1.807) is 0 Å². The van der Waals surface area contributed by atoms with Gasteiger partial charge in [0.05, 0.1) is 0 Å². The van der Waals surface area contributed by atoms with Crippen LogP contribution in [-0.2, 0) is 0 Å². The minimum atomic E-state index is 1.19. The van der Waals surface area contributed by atoms with Crippen LogP contribution in [0.25, 0.3) is 22.9 Å². The summed E-state index contributed by atoms with van der Waals surface area (Å²) < 4.78 is 0. The van der Waals surface area contributed by atoms with Crippen LogP contribution in [0.3, 0.4) is 0 Å². The lowest BCUT2D eigenvalue weighted by molar-refractivity contribution is 1.50. The summed E-state index contributed by atoms with van der Waals surface area (Å²) >= 11 is 0. The minimum absolute atomic E-state index is 1.19. The lowest BCUT2D eigenvalue weighted by Crippen LogP contribution is -1.83. The Bertz CT molecular complexity index is 519. The number of hydrogen-bond acceptors (Lipinski definition) is 0. The maximum absolute atomic E-state index is 3.85. The molecule has 19 heavy (non-hydrogen) atoms. The monoisotopic (exact) mass is 254 g/mol. The van der Waals surface area contributed by atoms with Crippen molar-refractivity contribution in [1.29, 1.82) is 0 Å². The van der Waals surface area contributed by atoms with Crippen LogP contribution in [-0.4, -0.2) is 0 Å². The molecule has 0 saturated heterocycles. The second-order valence-corrected chi connectivity index (χ2v) is 3.49. The smallest absolute Gasteiger partial charge is 0.0106 e. The molecule has 0 saturated carbocycles. The molecule has 0 bridgehead atoms. The summed E-state index contributed by atoms with van der Waals surface area (Å²) in [5.74, 6) is 0. The molecule has 0 unspecified atom stereocenters. The van der Waals surface area contributed by atoms with E-state index in [1.165, 1.54) is 21.9 Å². The van der Waals surface area contributed by atoms with Crippen molar-refractivity contribution in [1.82, 2.24) is 0 Å². The zero-order valence-electron chi connectivity index (χ0n) is 12.9. The van der Waals surface area contributed by atoms with Crippen LogP contribution >= 0.6 is 0 Å². The maximum atomic E-state index is 3.85. The summed E-state index contributed by atoms with van der Waals surface area (Å²) in [5.41, 5.74) is 2.44. The summed E-state index contributed by atoms with van der Waals surface area (Å²) in [6.45, 7) is 13.9. The average molecular weight is 254 g/mol. The first-order valence-electron chi connectivity index (χ1n) is 7.13. The van der Waals surface area contributed by atoms with Crippen molar-refractivity contribution in [3.05, 3.63) is 60.2 Å². The van der Waals surface area contributed by atoms with Gasteiger partial charge in [-0.15, -0.1) is 0 Å². The first kappa shape index (κ1) is 17.2. The van der Waals surface area contributed by atoms with Gasteiger partial charge in [0.2, 0.25) is 0 Å². The number of fused-ring (bicyclic) bond motifs is 1. The van der Waals surface area contributed by atoms with Crippen LogP contribution in [0.2, 0.25) is 0 Å². The van der Waals surface area contributed by atoms with Gasteiger partial charge in [-0.2, -0.15) is 0 Å². The second kappa shape index (κ2) is 10.1. The molecule has 0 heterocycles. The van der Waals surface area contributed by atoms with Crippen molar-refractivity contribution in [3.8, 4) is 0 Å². The van der Waals surface area contributed by atoms with Gasteiger partial charge >= 0.3 is 0 Å². The molecule has 2 aromatic carbocycles. The normalized spacial score (nSPS) is 9.32. The summed E-state index contributed by atoms with van der Waals surface area (Å²) in [4.78, 5) is 0. The van der Waals surface area contributed by atoms with Gasteiger partial charge in [-0.25, -0.2) is 0 Å². The van der Waals surface area contributed by atoms with Gasteiger partial charge < -0.3 is 0 Å². The highest BCUT2D eigenvalue weighted by atomic mass is 14.0. The highest BCUT2D eigenvalue weighted by Crippen LogP contribution is 2.24. The van der Waals surface area contributed by atoms with Gasteiger partial charge in [0.25, 0.3) is 0 Å². The number of hydrogen-bond donors (Lipinski definition) is 0. The van der Waals surface area contributed by atoms with Crippen LogP contribution in [0.15, 0.2) is 49.1 Å². The Labute approximate surface area is 118 Å². The lowest BCUT2D eigenvalue weighted by Gasteiger charge is -2.06. The van der Waals surface area contributed by atoms with Crippen LogP contribution in [0, 0.1) is 0 Å². The third-order valence-corrected chi connectivity index (χ3v) is 2.56. The SMILES string of the molecule is C=Cc1ccc2ccccc2c1/C=C\C.CC.CC. The summed E-state index contributed by atoms with van der Waals surface area (Å²) in [7, 11) is 0. The van der Waals surface area contributed by atoms with Crippen molar-refractivity contribution in [2.75, 3.05) is 0 Å². The predicted octanol–water partition coefficient (Wildman–Crippen LogP) is 6.57. The van der Waals surface area contributed by atoms with E-state index in [0.29, 0.717) is 0 Å². The topological polar surface area (TPSA) is 0 Å². The summed E-state index contributed by atoms with van der Waals surface area (Å²) in [6, 6.07) is 12.7. The van der Waals surface area contributed by atoms with E-state index in [1.807, 2.05) is 40.7 Å². The van der Waals surface area contributed by atoms with E-state index in [0.717, 1.165) is 0 Å². The fourth-order valence-corrected chi connectivity index (χ4v) is 1.84. The molecule has 102 valence electrons. The quantitative estimate of drug-likeness (QED) is 0.568. The largest absolute Gasteiger partial charge is 0.0984 e.